The molecule has 4 rings (SSSR count). The van der Waals surface area contributed by atoms with Crippen molar-refractivity contribution in [2.24, 2.45) is 5.92 Å². The Kier molecular flexibility index (Phi) is 5.40. The molecule has 2 aliphatic rings. The molecule has 0 radical (unpaired) electrons. The van der Waals surface area contributed by atoms with Gasteiger partial charge in [-0.05, 0) is 42.5 Å². The van der Waals surface area contributed by atoms with Crippen molar-refractivity contribution in [3.63, 3.8) is 0 Å². The van der Waals surface area contributed by atoms with Crippen molar-refractivity contribution in [3.05, 3.63) is 65.7 Å². The average molecular weight is 420 g/mol. The molecule has 2 aliphatic heterocycles. The number of sulfonamides is 1. The summed E-state index contributed by atoms with van der Waals surface area (Å²) in [7, 11) is -3.97. The highest BCUT2D eigenvalue weighted by Gasteiger charge is 2.44. The highest BCUT2D eigenvalue weighted by Crippen LogP contribution is 2.34. The molecule has 0 spiro atoms. The molecule has 154 valence electrons. The third-order valence-electron chi connectivity index (χ3n) is 5.78. The van der Waals surface area contributed by atoms with Crippen LogP contribution in [0.3, 0.4) is 0 Å². The highest BCUT2D eigenvalue weighted by atomic mass is 32.2. The van der Waals surface area contributed by atoms with Gasteiger partial charge in [0.05, 0.1) is 4.90 Å². The van der Waals surface area contributed by atoms with Crippen LogP contribution in [0.5, 0.6) is 0 Å². The molecule has 2 atom stereocenters. The smallest absolute Gasteiger partial charge is 0.243 e. The summed E-state index contributed by atoms with van der Waals surface area (Å²) in [6, 6.07) is 12.0. The van der Waals surface area contributed by atoms with Crippen LogP contribution in [-0.2, 0) is 21.4 Å². The van der Waals surface area contributed by atoms with Crippen molar-refractivity contribution in [2.75, 3.05) is 13.1 Å². The van der Waals surface area contributed by atoms with Gasteiger partial charge >= 0.3 is 0 Å². The minimum absolute atomic E-state index is 0.0187. The molecule has 0 bridgehead atoms. The number of fused-ring (bicyclic) bond motifs is 1. The topological polar surface area (TPSA) is 57.7 Å². The normalized spacial score (nSPS) is 23.1. The lowest BCUT2D eigenvalue weighted by Gasteiger charge is -2.30. The Labute approximate surface area is 169 Å². The first-order chi connectivity index (χ1) is 13.9. The monoisotopic (exact) mass is 420 g/mol. The van der Waals surface area contributed by atoms with Crippen LogP contribution < -0.4 is 0 Å². The molecule has 0 aromatic heterocycles. The summed E-state index contributed by atoms with van der Waals surface area (Å²) in [4.78, 5) is 14.3. The number of likely N-dealkylation sites (tertiary alicyclic amines) is 1. The largest absolute Gasteiger partial charge is 0.334 e. The van der Waals surface area contributed by atoms with Gasteiger partial charge in [0.15, 0.2) is 11.6 Å². The number of halogens is 2. The quantitative estimate of drug-likeness (QED) is 0.764. The maximum absolute atomic E-state index is 13.6. The van der Waals surface area contributed by atoms with Crippen LogP contribution in [0, 0.1) is 17.6 Å². The maximum atomic E-state index is 13.6. The molecule has 8 heteroatoms. The minimum Gasteiger partial charge on any atom is -0.334 e. The first-order valence-corrected chi connectivity index (χ1v) is 11.1. The summed E-state index contributed by atoms with van der Waals surface area (Å²) in [5.41, 5.74) is 0.989. The van der Waals surface area contributed by atoms with E-state index in [1.807, 2.05) is 30.3 Å². The Morgan fingerprint density at radius 2 is 1.76 bits per heavy atom. The van der Waals surface area contributed by atoms with E-state index >= 15 is 0 Å². The number of carbonyl (C=O) groups excluding carboxylic acids is 1. The van der Waals surface area contributed by atoms with Crippen LogP contribution in [0.1, 0.15) is 24.8 Å². The molecular weight excluding hydrogens is 398 g/mol. The van der Waals surface area contributed by atoms with Crippen LogP contribution >= 0.6 is 0 Å². The van der Waals surface area contributed by atoms with Crippen molar-refractivity contribution in [2.45, 2.75) is 36.7 Å². The summed E-state index contributed by atoms with van der Waals surface area (Å²) in [5.74, 6) is -2.24. The second-order valence-electron chi connectivity index (χ2n) is 7.62. The summed E-state index contributed by atoms with van der Waals surface area (Å²) < 4.78 is 54.1. The number of nitrogens with zero attached hydrogens (tertiary/aromatic N) is 2. The zero-order chi connectivity index (χ0) is 20.6. The molecule has 0 unspecified atom stereocenters. The molecule has 2 aromatic carbocycles. The van der Waals surface area contributed by atoms with Gasteiger partial charge in [0.1, 0.15) is 0 Å². The average Bonchev–Trinajstić information content (AvgIpc) is 3.07. The van der Waals surface area contributed by atoms with E-state index < -0.39 is 21.7 Å². The molecule has 2 fully saturated rings. The summed E-state index contributed by atoms with van der Waals surface area (Å²) in [6.45, 7) is 0.856. The predicted octanol–water partition coefficient (Wildman–Crippen LogP) is 3.17. The van der Waals surface area contributed by atoms with Gasteiger partial charge in [0, 0.05) is 32.1 Å². The van der Waals surface area contributed by atoms with Gasteiger partial charge in [-0.2, -0.15) is 4.31 Å². The fourth-order valence-corrected chi connectivity index (χ4v) is 5.79. The fourth-order valence-electron chi connectivity index (χ4n) is 4.26. The minimum atomic E-state index is -3.97. The molecule has 0 saturated carbocycles. The molecule has 0 aliphatic carbocycles. The van der Waals surface area contributed by atoms with Crippen LogP contribution in [-0.4, -0.2) is 42.7 Å². The van der Waals surface area contributed by atoms with Crippen molar-refractivity contribution in [3.8, 4) is 0 Å². The van der Waals surface area contributed by atoms with Gasteiger partial charge in [0.25, 0.3) is 0 Å². The van der Waals surface area contributed by atoms with Crippen LogP contribution in [0.15, 0.2) is 53.4 Å². The van der Waals surface area contributed by atoms with Gasteiger partial charge in [-0.1, -0.05) is 30.3 Å². The van der Waals surface area contributed by atoms with Gasteiger partial charge < -0.3 is 4.90 Å². The number of hydrogen-bond donors (Lipinski definition) is 0. The van der Waals surface area contributed by atoms with Gasteiger partial charge in [-0.3, -0.25) is 4.79 Å². The molecule has 5 nitrogen and oxygen atoms in total. The Morgan fingerprint density at radius 3 is 2.48 bits per heavy atom. The van der Waals surface area contributed by atoms with E-state index in [1.165, 1.54) is 4.31 Å². The van der Waals surface area contributed by atoms with E-state index in [9.17, 15) is 22.0 Å². The SMILES string of the molecule is O=C1CCC[C@@H]2CN(S(=O)(=O)c3ccc(F)c(F)c3)C[C@@H]2N1Cc1ccccc1. The Balaban J connectivity index is 1.60. The van der Waals surface area contributed by atoms with Crippen LogP contribution in [0.2, 0.25) is 0 Å². The van der Waals surface area contributed by atoms with Gasteiger partial charge in [0.2, 0.25) is 15.9 Å². The fraction of sp³-hybridized carbons (Fsp3) is 0.381. The lowest BCUT2D eigenvalue weighted by molar-refractivity contribution is -0.133. The number of benzene rings is 2. The highest BCUT2D eigenvalue weighted by molar-refractivity contribution is 7.89. The Hall–Kier alpha value is -2.32. The van der Waals surface area contributed by atoms with E-state index in [4.69, 9.17) is 0 Å². The maximum Gasteiger partial charge on any atom is 0.243 e. The Bertz CT molecular complexity index is 1010. The number of carbonyl (C=O) groups is 1. The van der Waals surface area contributed by atoms with Crippen molar-refractivity contribution >= 4 is 15.9 Å². The zero-order valence-electron chi connectivity index (χ0n) is 15.8. The summed E-state index contributed by atoms with van der Waals surface area (Å²) in [5, 5.41) is 0. The van der Waals surface area contributed by atoms with E-state index in [0.29, 0.717) is 25.5 Å². The molecule has 0 N–H and O–H groups in total. The molecule has 2 aromatic rings. The molecule has 1 amide bonds. The van der Waals surface area contributed by atoms with E-state index in [-0.39, 0.29) is 35.9 Å². The second kappa shape index (κ2) is 7.84. The van der Waals surface area contributed by atoms with E-state index in [2.05, 4.69) is 0 Å². The standard InChI is InChI=1S/C21H22F2N2O3S/c22-18-10-9-17(11-19(18)23)29(27,28)24-13-16-7-4-8-21(26)25(20(16)14-24)12-15-5-2-1-3-6-15/h1-3,5-6,9-11,16,20H,4,7-8,12-14H2/t16-,20+/m1/s1. The number of amides is 1. The molecular formula is C21H22F2N2O3S. The number of rotatable bonds is 4. The van der Waals surface area contributed by atoms with Crippen molar-refractivity contribution in [1.29, 1.82) is 0 Å². The summed E-state index contributed by atoms with van der Waals surface area (Å²) in [6.07, 6.45) is 1.92. The third-order valence-corrected chi connectivity index (χ3v) is 7.61. The summed E-state index contributed by atoms with van der Waals surface area (Å²) >= 11 is 0. The van der Waals surface area contributed by atoms with Crippen LogP contribution in [0.25, 0.3) is 0 Å². The second-order valence-corrected chi connectivity index (χ2v) is 9.56. The van der Waals surface area contributed by atoms with Gasteiger partial charge in [-0.25, -0.2) is 17.2 Å². The van der Waals surface area contributed by atoms with E-state index in [0.717, 1.165) is 24.1 Å². The lowest BCUT2D eigenvalue weighted by Crippen LogP contribution is -2.43. The molecule has 2 saturated heterocycles. The van der Waals surface area contributed by atoms with Crippen LogP contribution in [0.4, 0.5) is 8.78 Å². The van der Waals surface area contributed by atoms with Crippen molar-refractivity contribution in [1.82, 2.24) is 9.21 Å². The van der Waals surface area contributed by atoms with E-state index in [1.54, 1.807) is 4.90 Å². The Morgan fingerprint density at radius 1 is 1.00 bits per heavy atom. The lowest BCUT2D eigenvalue weighted by atomic mass is 9.98. The van der Waals surface area contributed by atoms with Crippen molar-refractivity contribution < 1.29 is 22.0 Å². The predicted molar refractivity (Wildman–Crippen MR) is 103 cm³/mol. The molecule has 29 heavy (non-hydrogen) atoms. The first-order valence-electron chi connectivity index (χ1n) is 9.65. The third kappa shape index (κ3) is 3.91. The molecule has 2 heterocycles. The zero-order valence-corrected chi connectivity index (χ0v) is 16.6. The number of hydrogen-bond acceptors (Lipinski definition) is 3. The first kappa shape index (κ1) is 20.0. The van der Waals surface area contributed by atoms with Gasteiger partial charge in [-0.15, -0.1) is 0 Å².